The molecule has 13 heavy (non-hydrogen) atoms. The molecule has 1 unspecified atom stereocenters. The molecule has 0 amide bonds. The Bertz CT molecular complexity index is 250. The summed E-state index contributed by atoms with van der Waals surface area (Å²) in [7, 11) is 0. The molecule has 0 aromatic carbocycles. The molecule has 1 saturated heterocycles. The summed E-state index contributed by atoms with van der Waals surface area (Å²) in [5, 5.41) is 7.51. The van der Waals surface area contributed by atoms with Crippen LogP contribution in [0.25, 0.3) is 0 Å². The fraction of sp³-hybridized carbons (Fsp3) is 0.750. The molecule has 2 heterocycles. The second kappa shape index (κ2) is 3.74. The standard InChI is InChI=1S/C8H13N3O2/c1-2-7-5-11(3-4-12-7)8-10-9-6-13-8/h6-7H,2-5H2,1H3. The molecule has 72 valence electrons. The maximum atomic E-state index is 5.52. The van der Waals surface area contributed by atoms with E-state index in [1.807, 2.05) is 0 Å². The topological polar surface area (TPSA) is 51.4 Å². The van der Waals surface area contributed by atoms with Gasteiger partial charge in [0.05, 0.1) is 12.7 Å². The molecular weight excluding hydrogens is 170 g/mol. The molecule has 1 aromatic heterocycles. The van der Waals surface area contributed by atoms with Crippen molar-refractivity contribution in [3.63, 3.8) is 0 Å². The molecule has 0 saturated carbocycles. The molecule has 1 atom stereocenters. The molecule has 1 aliphatic rings. The van der Waals surface area contributed by atoms with E-state index in [9.17, 15) is 0 Å². The van der Waals surface area contributed by atoms with E-state index in [1.54, 1.807) is 0 Å². The van der Waals surface area contributed by atoms with Crippen molar-refractivity contribution in [1.82, 2.24) is 10.2 Å². The van der Waals surface area contributed by atoms with Crippen LogP contribution >= 0.6 is 0 Å². The van der Waals surface area contributed by atoms with Crippen LogP contribution in [0, 0.1) is 0 Å². The van der Waals surface area contributed by atoms with Crippen molar-refractivity contribution in [3.8, 4) is 0 Å². The van der Waals surface area contributed by atoms with Crippen LogP contribution in [0.3, 0.4) is 0 Å². The van der Waals surface area contributed by atoms with Crippen LogP contribution in [0.4, 0.5) is 6.01 Å². The van der Waals surface area contributed by atoms with Gasteiger partial charge in [-0.2, -0.15) is 0 Å². The van der Waals surface area contributed by atoms with E-state index in [0.717, 1.165) is 26.1 Å². The summed E-state index contributed by atoms with van der Waals surface area (Å²) >= 11 is 0. The van der Waals surface area contributed by atoms with Gasteiger partial charge in [-0.05, 0) is 6.42 Å². The van der Waals surface area contributed by atoms with Gasteiger partial charge < -0.3 is 14.1 Å². The third kappa shape index (κ3) is 1.80. The minimum Gasteiger partial charge on any atom is -0.411 e. The Kier molecular flexibility index (Phi) is 2.44. The lowest BCUT2D eigenvalue weighted by atomic mass is 10.2. The molecule has 5 heteroatoms. The Hall–Kier alpha value is -1.10. The minimum absolute atomic E-state index is 0.292. The molecule has 5 nitrogen and oxygen atoms in total. The fourth-order valence-electron chi connectivity index (χ4n) is 1.45. The van der Waals surface area contributed by atoms with Gasteiger partial charge >= 0.3 is 6.01 Å². The van der Waals surface area contributed by atoms with Gasteiger partial charge in [0.2, 0.25) is 6.39 Å². The van der Waals surface area contributed by atoms with E-state index in [-0.39, 0.29) is 0 Å². The maximum absolute atomic E-state index is 5.52. The summed E-state index contributed by atoms with van der Waals surface area (Å²) in [5.41, 5.74) is 0. The van der Waals surface area contributed by atoms with Gasteiger partial charge in [-0.25, -0.2) is 0 Å². The third-order valence-corrected chi connectivity index (χ3v) is 2.21. The lowest BCUT2D eigenvalue weighted by molar-refractivity contribution is 0.0367. The molecular formula is C8H13N3O2. The first-order chi connectivity index (χ1) is 6.40. The van der Waals surface area contributed by atoms with Crippen LogP contribution in [0.2, 0.25) is 0 Å². The number of ether oxygens (including phenoxy) is 1. The van der Waals surface area contributed by atoms with Crippen molar-refractivity contribution in [3.05, 3.63) is 6.39 Å². The second-order valence-electron chi connectivity index (χ2n) is 3.07. The quantitative estimate of drug-likeness (QED) is 0.675. The van der Waals surface area contributed by atoms with Crippen molar-refractivity contribution in [1.29, 1.82) is 0 Å². The predicted octanol–water partition coefficient (Wildman–Crippen LogP) is 0.685. The molecule has 0 spiro atoms. The monoisotopic (exact) mass is 183 g/mol. The molecule has 0 N–H and O–H groups in total. The summed E-state index contributed by atoms with van der Waals surface area (Å²) in [6, 6.07) is 0.599. The Morgan fingerprint density at radius 2 is 2.62 bits per heavy atom. The van der Waals surface area contributed by atoms with E-state index in [1.165, 1.54) is 6.39 Å². The highest BCUT2D eigenvalue weighted by Gasteiger charge is 2.21. The minimum atomic E-state index is 0.292. The Morgan fingerprint density at radius 3 is 3.31 bits per heavy atom. The van der Waals surface area contributed by atoms with Crippen molar-refractivity contribution >= 4 is 6.01 Å². The number of anilines is 1. The van der Waals surface area contributed by atoms with Gasteiger partial charge in [-0.1, -0.05) is 12.0 Å². The van der Waals surface area contributed by atoms with Gasteiger partial charge in [-0.15, -0.1) is 5.10 Å². The molecule has 2 rings (SSSR count). The Balaban J connectivity index is 2.00. The predicted molar refractivity (Wildman–Crippen MR) is 46.5 cm³/mol. The highest BCUT2D eigenvalue weighted by Crippen LogP contribution is 2.15. The first-order valence-electron chi connectivity index (χ1n) is 4.53. The fourth-order valence-corrected chi connectivity index (χ4v) is 1.45. The number of hydrogen-bond acceptors (Lipinski definition) is 5. The number of hydrogen-bond donors (Lipinski definition) is 0. The van der Waals surface area contributed by atoms with E-state index >= 15 is 0 Å². The van der Waals surface area contributed by atoms with E-state index in [2.05, 4.69) is 22.0 Å². The first-order valence-corrected chi connectivity index (χ1v) is 4.53. The summed E-state index contributed by atoms with van der Waals surface area (Å²) < 4.78 is 10.6. The molecule has 0 bridgehead atoms. The van der Waals surface area contributed by atoms with Gasteiger partial charge in [-0.3, -0.25) is 0 Å². The summed E-state index contributed by atoms with van der Waals surface area (Å²) in [6.07, 6.45) is 2.66. The summed E-state index contributed by atoms with van der Waals surface area (Å²) in [5.74, 6) is 0. The van der Waals surface area contributed by atoms with Crippen molar-refractivity contribution in [2.45, 2.75) is 19.4 Å². The summed E-state index contributed by atoms with van der Waals surface area (Å²) in [6.45, 7) is 4.53. The van der Waals surface area contributed by atoms with Crippen LogP contribution in [-0.2, 0) is 4.74 Å². The van der Waals surface area contributed by atoms with Crippen LogP contribution in [0.1, 0.15) is 13.3 Å². The SMILES string of the molecule is CCC1CN(c2nnco2)CCO1. The number of aromatic nitrogens is 2. The van der Waals surface area contributed by atoms with E-state index in [0.29, 0.717) is 12.1 Å². The highest BCUT2D eigenvalue weighted by atomic mass is 16.5. The van der Waals surface area contributed by atoms with E-state index < -0.39 is 0 Å². The Morgan fingerprint density at radius 1 is 1.69 bits per heavy atom. The van der Waals surface area contributed by atoms with Crippen molar-refractivity contribution in [2.75, 3.05) is 24.6 Å². The average molecular weight is 183 g/mol. The second-order valence-corrected chi connectivity index (χ2v) is 3.07. The van der Waals surface area contributed by atoms with Crippen molar-refractivity contribution in [2.24, 2.45) is 0 Å². The van der Waals surface area contributed by atoms with Gasteiger partial charge in [0.1, 0.15) is 0 Å². The molecule has 1 aromatic rings. The van der Waals surface area contributed by atoms with Crippen LogP contribution < -0.4 is 4.90 Å². The number of morpholine rings is 1. The van der Waals surface area contributed by atoms with Crippen LogP contribution in [-0.4, -0.2) is 36.0 Å². The normalized spacial score (nSPS) is 23.5. The van der Waals surface area contributed by atoms with E-state index in [4.69, 9.17) is 9.15 Å². The van der Waals surface area contributed by atoms with Crippen LogP contribution in [0.15, 0.2) is 10.8 Å². The zero-order valence-corrected chi connectivity index (χ0v) is 7.64. The van der Waals surface area contributed by atoms with Crippen molar-refractivity contribution < 1.29 is 9.15 Å². The number of nitrogens with zero attached hydrogens (tertiary/aromatic N) is 3. The van der Waals surface area contributed by atoms with Gasteiger partial charge in [0.25, 0.3) is 0 Å². The zero-order chi connectivity index (χ0) is 9.10. The van der Waals surface area contributed by atoms with Gasteiger partial charge in [0.15, 0.2) is 0 Å². The molecule has 1 fully saturated rings. The highest BCUT2D eigenvalue weighted by molar-refractivity contribution is 5.24. The lowest BCUT2D eigenvalue weighted by Gasteiger charge is -2.30. The largest absolute Gasteiger partial charge is 0.411 e. The maximum Gasteiger partial charge on any atom is 0.318 e. The zero-order valence-electron chi connectivity index (χ0n) is 7.64. The Labute approximate surface area is 76.7 Å². The molecule has 0 radical (unpaired) electrons. The third-order valence-electron chi connectivity index (χ3n) is 2.21. The summed E-state index contributed by atoms with van der Waals surface area (Å²) in [4.78, 5) is 2.06. The first kappa shape index (κ1) is 8.50. The average Bonchev–Trinajstić information content (AvgIpc) is 2.71. The van der Waals surface area contributed by atoms with Gasteiger partial charge in [0, 0.05) is 13.1 Å². The van der Waals surface area contributed by atoms with Crippen LogP contribution in [0.5, 0.6) is 0 Å². The lowest BCUT2D eigenvalue weighted by Crippen LogP contribution is -2.42. The smallest absolute Gasteiger partial charge is 0.318 e. The number of rotatable bonds is 2. The molecule has 1 aliphatic heterocycles. The molecule has 0 aliphatic carbocycles.